The van der Waals surface area contributed by atoms with Gasteiger partial charge in [-0.25, -0.2) is 0 Å². The highest BCUT2D eigenvalue weighted by atomic mass is 14.6. The van der Waals surface area contributed by atoms with Crippen LogP contribution in [0.4, 0.5) is 0 Å². The third-order valence-electron chi connectivity index (χ3n) is 1.60. The summed E-state index contributed by atoms with van der Waals surface area (Å²) in [5.74, 6) is 0. The SMILES string of the molecule is C[C@@]1(C#N)C=CC=C(N)C1. The number of hydrogen-bond donors (Lipinski definition) is 1. The highest BCUT2D eigenvalue weighted by Crippen LogP contribution is 2.27. The lowest BCUT2D eigenvalue weighted by Crippen LogP contribution is -2.17. The Morgan fingerprint density at radius 2 is 2.50 bits per heavy atom. The van der Waals surface area contributed by atoms with Crippen molar-refractivity contribution in [1.29, 1.82) is 5.26 Å². The Labute approximate surface area is 60.6 Å². The first-order valence-electron chi connectivity index (χ1n) is 3.21. The van der Waals surface area contributed by atoms with Crippen LogP contribution >= 0.6 is 0 Å². The fourth-order valence-electron chi connectivity index (χ4n) is 1.00. The Morgan fingerprint density at radius 1 is 1.80 bits per heavy atom. The molecule has 10 heavy (non-hydrogen) atoms. The molecule has 1 aliphatic rings. The zero-order valence-corrected chi connectivity index (χ0v) is 5.96. The number of hydrogen-bond acceptors (Lipinski definition) is 2. The van der Waals surface area contributed by atoms with Crippen LogP contribution in [0.15, 0.2) is 23.9 Å². The molecule has 0 aromatic carbocycles. The molecule has 0 amide bonds. The minimum absolute atomic E-state index is 0.376. The first kappa shape index (κ1) is 6.88. The molecular formula is C8H10N2. The zero-order valence-electron chi connectivity index (χ0n) is 5.96. The van der Waals surface area contributed by atoms with E-state index in [2.05, 4.69) is 6.07 Å². The van der Waals surface area contributed by atoms with Crippen LogP contribution in [0.25, 0.3) is 0 Å². The van der Waals surface area contributed by atoms with Gasteiger partial charge in [0.1, 0.15) is 0 Å². The van der Waals surface area contributed by atoms with E-state index < -0.39 is 0 Å². The molecule has 1 rings (SSSR count). The molecule has 0 radical (unpaired) electrons. The minimum atomic E-state index is -0.376. The van der Waals surface area contributed by atoms with Gasteiger partial charge in [-0.2, -0.15) is 5.26 Å². The van der Waals surface area contributed by atoms with Crippen LogP contribution in [0.3, 0.4) is 0 Å². The van der Waals surface area contributed by atoms with Crippen LogP contribution < -0.4 is 5.73 Å². The molecule has 0 aromatic heterocycles. The monoisotopic (exact) mass is 134 g/mol. The molecule has 0 aliphatic heterocycles. The molecule has 2 nitrogen and oxygen atoms in total. The molecule has 0 unspecified atom stereocenters. The van der Waals surface area contributed by atoms with Gasteiger partial charge in [-0.1, -0.05) is 12.2 Å². The lowest BCUT2D eigenvalue weighted by atomic mass is 9.84. The van der Waals surface area contributed by atoms with Crippen LogP contribution in [0.2, 0.25) is 0 Å². The molecule has 0 saturated heterocycles. The molecule has 0 aromatic rings. The lowest BCUT2D eigenvalue weighted by molar-refractivity contribution is 0.551. The van der Waals surface area contributed by atoms with E-state index in [-0.39, 0.29) is 5.41 Å². The molecule has 0 saturated carbocycles. The molecule has 0 bridgehead atoms. The third kappa shape index (κ3) is 1.19. The Kier molecular flexibility index (Phi) is 1.50. The predicted molar refractivity (Wildman–Crippen MR) is 39.7 cm³/mol. The van der Waals surface area contributed by atoms with E-state index >= 15 is 0 Å². The second kappa shape index (κ2) is 2.18. The maximum absolute atomic E-state index is 8.68. The van der Waals surface area contributed by atoms with Crippen molar-refractivity contribution in [1.82, 2.24) is 0 Å². The normalized spacial score (nSPS) is 31.0. The highest BCUT2D eigenvalue weighted by molar-refractivity contribution is 5.26. The van der Waals surface area contributed by atoms with Crippen molar-refractivity contribution >= 4 is 0 Å². The van der Waals surface area contributed by atoms with Gasteiger partial charge in [-0.3, -0.25) is 0 Å². The maximum atomic E-state index is 8.68. The van der Waals surface area contributed by atoms with Crippen molar-refractivity contribution < 1.29 is 0 Å². The smallest absolute Gasteiger partial charge is 0.0782 e. The number of allylic oxidation sites excluding steroid dienone is 4. The topological polar surface area (TPSA) is 49.8 Å². The van der Waals surface area contributed by atoms with Crippen molar-refractivity contribution in [2.75, 3.05) is 0 Å². The second-order valence-corrected chi connectivity index (χ2v) is 2.81. The van der Waals surface area contributed by atoms with Gasteiger partial charge in [-0.05, 0) is 13.0 Å². The summed E-state index contributed by atoms with van der Waals surface area (Å²) in [7, 11) is 0. The summed E-state index contributed by atoms with van der Waals surface area (Å²) in [5, 5.41) is 8.68. The summed E-state index contributed by atoms with van der Waals surface area (Å²) in [5.41, 5.74) is 5.95. The Morgan fingerprint density at radius 3 is 2.90 bits per heavy atom. The third-order valence-corrected chi connectivity index (χ3v) is 1.60. The van der Waals surface area contributed by atoms with Gasteiger partial charge in [0, 0.05) is 12.1 Å². The molecule has 2 N–H and O–H groups in total. The summed E-state index contributed by atoms with van der Waals surface area (Å²) in [4.78, 5) is 0. The molecule has 52 valence electrons. The van der Waals surface area contributed by atoms with Crippen molar-refractivity contribution in [2.24, 2.45) is 11.1 Å². The number of nitriles is 1. The van der Waals surface area contributed by atoms with Crippen molar-refractivity contribution in [3.8, 4) is 6.07 Å². The number of nitrogens with zero attached hydrogens (tertiary/aromatic N) is 1. The quantitative estimate of drug-likeness (QED) is 0.543. The number of rotatable bonds is 0. The summed E-state index contributed by atoms with van der Waals surface area (Å²) in [6.07, 6.45) is 6.20. The average molecular weight is 134 g/mol. The first-order valence-corrected chi connectivity index (χ1v) is 3.21. The number of nitrogens with two attached hydrogens (primary N) is 1. The average Bonchev–Trinajstić information content (AvgIpc) is 1.88. The zero-order chi connectivity index (χ0) is 7.61. The largest absolute Gasteiger partial charge is 0.402 e. The Bertz CT molecular complexity index is 232. The van der Waals surface area contributed by atoms with Crippen LogP contribution in [0.5, 0.6) is 0 Å². The van der Waals surface area contributed by atoms with Gasteiger partial charge in [-0.15, -0.1) is 0 Å². The first-order chi connectivity index (χ1) is 4.66. The van der Waals surface area contributed by atoms with Gasteiger partial charge < -0.3 is 5.73 Å². The standard InChI is InChI=1S/C8H10N2/c1-8(6-9)4-2-3-7(10)5-8/h2-4H,5,10H2,1H3/t8-/m1/s1. The molecule has 0 fully saturated rings. The Hall–Kier alpha value is -1.23. The van der Waals surface area contributed by atoms with Gasteiger partial charge in [0.2, 0.25) is 0 Å². The van der Waals surface area contributed by atoms with E-state index in [1.165, 1.54) is 0 Å². The van der Waals surface area contributed by atoms with Crippen molar-refractivity contribution in [3.05, 3.63) is 23.9 Å². The summed E-state index contributed by atoms with van der Waals surface area (Å²) in [6, 6.07) is 2.20. The summed E-state index contributed by atoms with van der Waals surface area (Å²) >= 11 is 0. The molecule has 1 aliphatic carbocycles. The van der Waals surface area contributed by atoms with Crippen LogP contribution in [-0.4, -0.2) is 0 Å². The van der Waals surface area contributed by atoms with E-state index in [1.54, 1.807) is 0 Å². The van der Waals surface area contributed by atoms with Gasteiger partial charge >= 0.3 is 0 Å². The highest BCUT2D eigenvalue weighted by Gasteiger charge is 2.22. The van der Waals surface area contributed by atoms with Crippen molar-refractivity contribution in [3.63, 3.8) is 0 Å². The summed E-state index contributed by atoms with van der Waals surface area (Å²) < 4.78 is 0. The van der Waals surface area contributed by atoms with E-state index in [9.17, 15) is 0 Å². The molecular weight excluding hydrogens is 124 g/mol. The van der Waals surface area contributed by atoms with E-state index in [0.717, 1.165) is 5.70 Å². The minimum Gasteiger partial charge on any atom is -0.402 e. The van der Waals surface area contributed by atoms with E-state index in [0.29, 0.717) is 6.42 Å². The molecule has 1 atom stereocenters. The van der Waals surface area contributed by atoms with Gasteiger partial charge in [0.15, 0.2) is 0 Å². The molecule has 0 spiro atoms. The van der Waals surface area contributed by atoms with Gasteiger partial charge in [0.25, 0.3) is 0 Å². The fourth-order valence-corrected chi connectivity index (χ4v) is 1.00. The summed E-state index contributed by atoms with van der Waals surface area (Å²) in [6.45, 7) is 1.88. The van der Waals surface area contributed by atoms with Crippen LogP contribution in [0, 0.1) is 16.7 Å². The van der Waals surface area contributed by atoms with Crippen molar-refractivity contribution in [2.45, 2.75) is 13.3 Å². The fraction of sp³-hybridized carbons (Fsp3) is 0.375. The maximum Gasteiger partial charge on any atom is 0.0782 e. The Balaban J connectivity index is 2.84. The van der Waals surface area contributed by atoms with E-state index in [1.807, 2.05) is 25.2 Å². The van der Waals surface area contributed by atoms with Crippen LogP contribution in [-0.2, 0) is 0 Å². The van der Waals surface area contributed by atoms with E-state index in [4.69, 9.17) is 11.0 Å². The predicted octanol–water partition coefficient (Wildman–Crippen LogP) is 1.32. The molecule has 0 heterocycles. The van der Waals surface area contributed by atoms with Crippen LogP contribution in [0.1, 0.15) is 13.3 Å². The second-order valence-electron chi connectivity index (χ2n) is 2.81. The molecule has 2 heteroatoms. The van der Waals surface area contributed by atoms with Gasteiger partial charge in [0.05, 0.1) is 11.5 Å². The lowest BCUT2D eigenvalue weighted by Gasteiger charge is -2.19.